The number of primary amides is 1. The van der Waals surface area contributed by atoms with Crippen molar-refractivity contribution < 1.29 is 13.2 Å². The Morgan fingerprint density at radius 1 is 1.09 bits per heavy atom. The Morgan fingerprint density at radius 3 is 2.23 bits per heavy atom. The molecule has 116 valence electrons. The topological polar surface area (TPSA) is 89.3 Å². The van der Waals surface area contributed by atoms with Crippen LogP contribution in [0.1, 0.15) is 24.0 Å². The first-order valence-electron chi connectivity index (χ1n) is 6.81. The van der Waals surface area contributed by atoms with Gasteiger partial charge in [0.1, 0.15) is 0 Å². The van der Waals surface area contributed by atoms with Gasteiger partial charge < -0.3 is 5.73 Å². The third-order valence-electron chi connectivity index (χ3n) is 3.31. The summed E-state index contributed by atoms with van der Waals surface area (Å²) in [6.07, 6.45) is 0. The molecule has 6 heteroatoms. The largest absolute Gasteiger partial charge is 0.369 e. The summed E-state index contributed by atoms with van der Waals surface area (Å²) in [7, 11) is -3.48. The maximum absolute atomic E-state index is 12.1. The summed E-state index contributed by atoms with van der Waals surface area (Å²) in [5, 5.41) is 0. The van der Waals surface area contributed by atoms with Crippen LogP contribution in [0.25, 0.3) is 0 Å². The maximum atomic E-state index is 12.1. The number of carbonyl (C=O) groups is 1. The minimum Gasteiger partial charge on any atom is -0.369 e. The van der Waals surface area contributed by atoms with Gasteiger partial charge in [-0.25, -0.2) is 8.42 Å². The van der Waals surface area contributed by atoms with Crippen molar-refractivity contribution in [2.75, 3.05) is 4.72 Å². The van der Waals surface area contributed by atoms with Crippen molar-refractivity contribution >= 4 is 21.6 Å². The lowest BCUT2D eigenvalue weighted by Crippen LogP contribution is -2.19. The number of carbonyl (C=O) groups excluding carboxylic acids is 1. The highest BCUT2D eigenvalue weighted by Crippen LogP contribution is 2.19. The third kappa shape index (κ3) is 4.33. The molecule has 0 fully saturated rings. The maximum Gasteiger partial charge on any atom is 0.236 e. The van der Waals surface area contributed by atoms with Crippen molar-refractivity contribution in [2.45, 2.75) is 18.6 Å². The number of benzene rings is 2. The van der Waals surface area contributed by atoms with E-state index >= 15 is 0 Å². The van der Waals surface area contributed by atoms with Gasteiger partial charge in [-0.15, -0.1) is 0 Å². The third-order valence-corrected chi connectivity index (χ3v) is 4.57. The van der Waals surface area contributed by atoms with Gasteiger partial charge in [0, 0.05) is 5.69 Å². The van der Waals surface area contributed by atoms with Crippen LogP contribution in [0.3, 0.4) is 0 Å². The lowest BCUT2D eigenvalue weighted by Gasteiger charge is -2.11. The van der Waals surface area contributed by atoms with Gasteiger partial charge in [-0.05, 0) is 30.2 Å². The van der Waals surface area contributed by atoms with Crippen LogP contribution >= 0.6 is 0 Å². The zero-order chi connectivity index (χ0) is 16.2. The molecular weight excluding hydrogens is 300 g/mol. The molecule has 22 heavy (non-hydrogen) atoms. The zero-order valence-corrected chi connectivity index (χ0v) is 13.0. The Balaban J connectivity index is 2.08. The summed E-state index contributed by atoms with van der Waals surface area (Å²) in [5.74, 6) is -0.916. The Kier molecular flexibility index (Phi) is 4.82. The molecule has 0 heterocycles. The monoisotopic (exact) mass is 318 g/mol. The van der Waals surface area contributed by atoms with Crippen molar-refractivity contribution in [3.05, 3.63) is 65.7 Å². The van der Waals surface area contributed by atoms with E-state index in [0.717, 1.165) is 5.56 Å². The molecule has 0 aliphatic heterocycles. The molecule has 0 spiro atoms. The van der Waals surface area contributed by atoms with Gasteiger partial charge in [0.15, 0.2) is 0 Å². The lowest BCUT2D eigenvalue weighted by molar-refractivity contribution is -0.119. The predicted octanol–water partition coefficient (Wildman–Crippen LogP) is 2.22. The molecular formula is C16H18N2O3S. The van der Waals surface area contributed by atoms with E-state index in [1.165, 1.54) is 0 Å². The summed E-state index contributed by atoms with van der Waals surface area (Å²) < 4.78 is 26.7. The van der Waals surface area contributed by atoms with E-state index in [2.05, 4.69) is 4.72 Å². The molecule has 1 atom stereocenters. The summed E-state index contributed by atoms with van der Waals surface area (Å²) in [6, 6.07) is 15.6. The van der Waals surface area contributed by atoms with Gasteiger partial charge in [-0.2, -0.15) is 0 Å². The first-order valence-corrected chi connectivity index (χ1v) is 8.46. The van der Waals surface area contributed by atoms with Crippen LogP contribution in [0.15, 0.2) is 54.6 Å². The van der Waals surface area contributed by atoms with Gasteiger partial charge in [0.25, 0.3) is 0 Å². The number of nitrogens with one attached hydrogen (secondary N) is 1. The smallest absolute Gasteiger partial charge is 0.236 e. The van der Waals surface area contributed by atoms with E-state index in [4.69, 9.17) is 5.73 Å². The summed E-state index contributed by atoms with van der Waals surface area (Å²) in [4.78, 5) is 11.1. The molecule has 0 aliphatic rings. The fraction of sp³-hybridized carbons (Fsp3) is 0.188. The lowest BCUT2D eigenvalue weighted by atomic mass is 10.0. The molecule has 2 aromatic carbocycles. The molecule has 0 radical (unpaired) electrons. The molecule has 2 aromatic rings. The van der Waals surface area contributed by atoms with Crippen LogP contribution in [-0.2, 0) is 20.6 Å². The Hall–Kier alpha value is -2.34. The van der Waals surface area contributed by atoms with Crippen LogP contribution in [-0.4, -0.2) is 14.3 Å². The van der Waals surface area contributed by atoms with E-state index in [-0.39, 0.29) is 5.75 Å². The molecule has 0 saturated carbocycles. The van der Waals surface area contributed by atoms with Crippen molar-refractivity contribution in [1.29, 1.82) is 0 Å². The molecule has 0 bridgehead atoms. The quantitative estimate of drug-likeness (QED) is 0.856. The summed E-state index contributed by atoms with van der Waals surface area (Å²) >= 11 is 0. The molecule has 1 amide bonds. The first-order chi connectivity index (χ1) is 10.4. The highest BCUT2D eigenvalue weighted by atomic mass is 32.2. The number of nitrogens with two attached hydrogens (primary N) is 1. The number of hydrogen-bond acceptors (Lipinski definition) is 3. The summed E-state index contributed by atoms with van der Waals surface area (Å²) in [6.45, 7) is 1.71. The van der Waals surface area contributed by atoms with Gasteiger partial charge in [0.05, 0.1) is 11.7 Å². The molecule has 0 aromatic heterocycles. The standard InChI is InChI=1S/C16H18N2O3S/c1-12(16(17)19)14-7-9-15(10-8-14)18-22(20,21)11-13-5-3-2-4-6-13/h2-10,12,18H,11H2,1H3,(H2,17,19). The van der Waals surface area contributed by atoms with Crippen LogP contribution in [0.2, 0.25) is 0 Å². The number of amides is 1. The normalized spacial score (nSPS) is 12.6. The van der Waals surface area contributed by atoms with E-state index in [1.807, 2.05) is 6.07 Å². The Labute approximate surface area is 130 Å². The number of anilines is 1. The van der Waals surface area contributed by atoms with E-state index in [9.17, 15) is 13.2 Å². The minimum atomic E-state index is -3.48. The molecule has 1 unspecified atom stereocenters. The molecule has 5 nitrogen and oxygen atoms in total. The van der Waals surface area contributed by atoms with Crippen molar-refractivity contribution in [3.63, 3.8) is 0 Å². The second-order valence-corrected chi connectivity index (χ2v) is 6.82. The molecule has 0 saturated heterocycles. The Bertz CT molecular complexity index is 741. The molecule has 2 rings (SSSR count). The second kappa shape index (κ2) is 6.62. The molecule has 3 N–H and O–H groups in total. The van der Waals surface area contributed by atoms with Gasteiger partial charge in [-0.3, -0.25) is 9.52 Å². The number of rotatable bonds is 6. The van der Waals surface area contributed by atoms with Crippen molar-refractivity contribution in [2.24, 2.45) is 5.73 Å². The summed E-state index contributed by atoms with van der Waals surface area (Å²) in [5.41, 5.74) is 7.16. The van der Waals surface area contributed by atoms with Gasteiger partial charge in [0.2, 0.25) is 15.9 Å². The van der Waals surface area contributed by atoms with Crippen molar-refractivity contribution in [1.82, 2.24) is 0 Å². The van der Waals surface area contributed by atoms with Crippen LogP contribution in [0.5, 0.6) is 0 Å². The average Bonchev–Trinajstić information content (AvgIpc) is 2.47. The SMILES string of the molecule is CC(C(N)=O)c1ccc(NS(=O)(=O)Cc2ccccc2)cc1. The first kappa shape index (κ1) is 16.0. The fourth-order valence-electron chi connectivity index (χ4n) is 2.01. The average molecular weight is 318 g/mol. The van der Waals surface area contributed by atoms with E-state index in [1.54, 1.807) is 55.5 Å². The highest BCUT2D eigenvalue weighted by molar-refractivity contribution is 7.91. The van der Waals surface area contributed by atoms with Gasteiger partial charge in [-0.1, -0.05) is 42.5 Å². The van der Waals surface area contributed by atoms with Gasteiger partial charge >= 0.3 is 0 Å². The van der Waals surface area contributed by atoms with Crippen LogP contribution in [0, 0.1) is 0 Å². The number of hydrogen-bond donors (Lipinski definition) is 2. The molecule has 0 aliphatic carbocycles. The van der Waals surface area contributed by atoms with E-state index < -0.39 is 21.8 Å². The predicted molar refractivity (Wildman–Crippen MR) is 86.7 cm³/mol. The minimum absolute atomic E-state index is 0.0900. The second-order valence-electron chi connectivity index (χ2n) is 5.09. The number of sulfonamides is 1. The Morgan fingerprint density at radius 2 is 1.68 bits per heavy atom. The fourth-order valence-corrected chi connectivity index (χ4v) is 3.21. The van der Waals surface area contributed by atoms with Crippen molar-refractivity contribution in [3.8, 4) is 0 Å². The van der Waals surface area contributed by atoms with Crippen LogP contribution < -0.4 is 10.5 Å². The van der Waals surface area contributed by atoms with E-state index in [0.29, 0.717) is 11.3 Å². The zero-order valence-electron chi connectivity index (χ0n) is 12.2. The highest BCUT2D eigenvalue weighted by Gasteiger charge is 2.14. The van der Waals surface area contributed by atoms with Crippen LogP contribution in [0.4, 0.5) is 5.69 Å².